The third kappa shape index (κ3) is 3.25. The number of methoxy groups -OCH3 is 1. The number of aliphatic hydroxyl groups excluding tert-OH is 1. The van der Waals surface area contributed by atoms with Crippen molar-refractivity contribution in [3.8, 4) is 5.75 Å². The highest BCUT2D eigenvalue weighted by atomic mass is 35.5. The van der Waals surface area contributed by atoms with Crippen molar-refractivity contribution in [3.05, 3.63) is 64.4 Å². The van der Waals surface area contributed by atoms with Crippen LogP contribution in [0.15, 0.2) is 42.5 Å². The summed E-state index contributed by atoms with van der Waals surface area (Å²) in [5, 5.41) is 10.5. The van der Waals surface area contributed by atoms with E-state index in [0.29, 0.717) is 21.9 Å². The highest BCUT2D eigenvalue weighted by Crippen LogP contribution is 2.28. The van der Waals surface area contributed by atoms with Crippen molar-refractivity contribution in [2.45, 2.75) is 12.5 Å². The Bertz CT molecular complexity index is 572. The topological polar surface area (TPSA) is 29.5 Å². The largest absolute Gasteiger partial charge is 0.496 e. The molecule has 2 aromatic carbocycles. The second-order valence-electron chi connectivity index (χ2n) is 4.20. The lowest BCUT2D eigenvalue weighted by atomic mass is 10.0. The summed E-state index contributed by atoms with van der Waals surface area (Å²) >= 11 is 5.70. The van der Waals surface area contributed by atoms with Gasteiger partial charge < -0.3 is 9.84 Å². The Kier molecular flexibility index (Phi) is 4.40. The van der Waals surface area contributed by atoms with Crippen molar-refractivity contribution >= 4 is 11.6 Å². The number of para-hydroxylation sites is 1. The first-order valence-corrected chi connectivity index (χ1v) is 6.24. The van der Waals surface area contributed by atoms with E-state index in [1.165, 1.54) is 13.2 Å². The normalized spacial score (nSPS) is 12.2. The Morgan fingerprint density at radius 3 is 2.68 bits per heavy atom. The molecule has 0 saturated heterocycles. The Balaban J connectivity index is 2.23. The minimum Gasteiger partial charge on any atom is -0.496 e. The number of hydrogen-bond donors (Lipinski definition) is 1. The molecule has 100 valence electrons. The molecule has 2 nitrogen and oxygen atoms in total. The van der Waals surface area contributed by atoms with E-state index < -0.39 is 11.9 Å². The van der Waals surface area contributed by atoms with Crippen molar-refractivity contribution in [2.75, 3.05) is 7.11 Å². The smallest absolute Gasteiger partial charge is 0.127 e. The van der Waals surface area contributed by atoms with Crippen molar-refractivity contribution in [3.63, 3.8) is 0 Å². The predicted octanol–water partition coefficient (Wildman–Crippen LogP) is 3.76. The minimum atomic E-state index is -0.827. The number of aliphatic hydroxyl groups is 1. The summed E-state index contributed by atoms with van der Waals surface area (Å²) in [5.41, 5.74) is 1.06. The van der Waals surface area contributed by atoms with Crippen molar-refractivity contribution in [1.29, 1.82) is 0 Å². The van der Waals surface area contributed by atoms with Crippen LogP contribution in [0.5, 0.6) is 5.75 Å². The van der Waals surface area contributed by atoms with Gasteiger partial charge in [0.2, 0.25) is 0 Å². The van der Waals surface area contributed by atoms with Gasteiger partial charge in [0.1, 0.15) is 11.6 Å². The zero-order valence-corrected chi connectivity index (χ0v) is 11.2. The van der Waals surface area contributed by atoms with Crippen molar-refractivity contribution in [2.24, 2.45) is 0 Å². The fourth-order valence-corrected chi connectivity index (χ4v) is 2.11. The molecule has 0 spiro atoms. The first kappa shape index (κ1) is 13.8. The minimum absolute atomic E-state index is 0.170. The van der Waals surface area contributed by atoms with E-state index in [1.54, 1.807) is 30.3 Å². The van der Waals surface area contributed by atoms with Crippen LogP contribution in [0.2, 0.25) is 5.02 Å². The first-order valence-electron chi connectivity index (χ1n) is 5.86. The molecule has 2 rings (SSSR count). The summed E-state index contributed by atoms with van der Waals surface area (Å²) in [4.78, 5) is 0. The van der Waals surface area contributed by atoms with Gasteiger partial charge in [-0.15, -0.1) is 0 Å². The van der Waals surface area contributed by atoms with Gasteiger partial charge in [0.25, 0.3) is 0 Å². The lowest BCUT2D eigenvalue weighted by Crippen LogP contribution is -2.05. The average Bonchev–Trinajstić information content (AvgIpc) is 2.41. The number of benzene rings is 2. The van der Waals surface area contributed by atoms with Crippen LogP contribution in [0.4, 0.5) is 4.39 Å². The van der Waals surface area contributed by atoms with Gasteiger partial charge in [-0.1, -0.05) is 35.9 Å². The molecule has 0 aliphatic heterocycles. The molecule has 2 aromatic rings. The number of rotatable bonds is 4. The van der Waals surface area contributed by atoms with Crippen LogP contribution < -0.4 is 4.74 Å². The molecular weight excluding hydrogens is 267 g/mol. The number of hydrogen-bond acceptors (Lipinski definition) is 2. The highest BCUT2D eigenvalue weighted by Gasteiger charge is 2.15. The SMILES string of the molecule is COc1ccccc1C(O)Cc1ccc(Cl)cc1F. The zero-order valence-electron chi connectivity index (χ0n) is 10.4. The third-order valence-electron chi connectivity index (χ3n) is 2.93. The van der Waals surface area contributed by atoms with Crippen LogP contribution in [0.1, 0.15) is 17.2 Å². The van der Waals surface area contributed by atoms with Gasteiger partial charge in [0.05, 0.1) is 13.2 Å². The van der Waals surface area contributed by atoms with E-state index >= 15 is 0 Å². The second-order valence-corrected chi connectivity index (χ2v) is 4.63. The number of halogens is 2. The molecule has 0 radical (unpaired) electrons. The highest BCUT2D eigenvalue weighted by molar-refractivity contribution is 6.30. The van der Waals surface area contributed by atoms with Crippen molar-refractivity contribution in [1.82, 2.24) is 0 Å². The van der Waals surface area contributed by atoms with Gasteiger partial charge in [0, 0.05) is 17.0 Å². The van der Waals surface area contributed by atoms with Crippen LogP contribution in [-0.2, 0) is 6.42 Å². The molecule has 1 atom stereocenters. The van der Waals surface area contributed by atoms with Gasteiger partial charge in [-0.25, -0.2) is 4.39 Å². The van der Waals surface area contributed by atoms with Gasteiger partial charge in [-0.05, 0) is 23.8 Å². The van der Waals surface area contributed by atoms with Gasteiger partial charge in [-0.3, -0.25) is 0 Å². The molecule has 0 aromatic heterocycles. The van der Waals surface area contributed by atoms with E-state index in [0.717, 1.165) is 0 Å². The van der Waals surface area contributed by atoms with Crippen LogP contribution in [0.25, 0.3) is 0 Å². The summed E-state index contributed by atoms with van der Waals surface area (Å²) in [6.07, 6.45) is -0.657. The van der Waals surface area contributed by atoms with E-state index in [2.05, 4.69) is 0 Å². The summed E-state index contributed by atoms with van der Waals surface area (Å²) in [7, 11) is 1.54. The maximum Gasteiger partial charge on any atom is 0.127 e. The molecule has 0 aliphatic carbocycles. The van der Waals surface area contributed by atoms with Crippen LogP contribution in [-0.4, -0.2) is 12.2 Å². The van der Waals surface area contributed by atoms with Gasteiger partial charge in [0.15, 0.2) is 0 Å². The second kappa shape index (κ2) is 6.04. The fraction of sp³-hybridized carbons (Fsp3) is 0.200. The molecule has 19 heavy (non-hydrogen) atoms. The standard InChI is InChI=1S/C15H14ClFO2/c1-19-15-5-3-2-4-12(15)14(18)8-10-6-7-11(16)9-13(10)17/h2-7,9,14,18H,8H2,1H3. The number of ether oxygens (including phenoxy) is 1. The average molecular weight is 281 g/mol. The van der Waals surface area contributed by atoms with Gasteiger partial charge >= 0.3 is 0 Å². The quantitative estimate of drug-likeness (QED) is 0.924. The monoisotopic (exact) mass is 280 g/mol. The van der Waals surface area contributed by atoms with Crippen LogP contribution >= 0.6 is 11.6 Å². The Labute approximate surface area is 116 Å². The lowest BCUT2D eigenvalue weighted by Gasteiger charge is -2.15. The molecule has 0 heterocycles. The molecular formula is C15H14ClFO2. The molecule has 0 aliphatic rings. The summed E-state index contributed by atoms with van der Waals surface area (Å²) in [6, 6.07) is 11.6. The fourth-order valence-electron chi connectivity index (χ4n) is 1.95. The predicted molar refractivity (Wildman–Crippen MR) is 73.1 cm³/mol. The Morgan fingerprint density at radius 1 is 1.26 bits per heavy atom. The van der Waals surface area contributed by atoms with E-state index in [9.17, 15) is 9.50 Å². The summed E-state index contributed by atoms with van der Waals surface area (Å²) in [5.74, 6) is 0.172. The van der Waals surface area contributed by atoms with Crippen LogP contribution in [0, 0.1) is 5.82 Å². The molecule has 0 fully saturated rings. The molecule has 1 unspecified atom stereocenters. The van der Waals surface area contributed by atoms with E-state index in [-0.39, 0.29) is 6.42 Å². The molecule has 1 N–H and O–H groups in total. The van der Waals surface area contributed by atoms with E-state index in [1.807, 2.05) is 6.07 Å². The van der Waals surface area contributed by atoms with Crippen LogP contribution in [0.3, 0.4) is 0 Å². The molecule has 4 heteroatoms. The van der Waals surface area contributed by atoms with E-state index in [4.69, 9.17) is 16.3 Å². The van der Waals surface area contributed by atoms with Crippen molar-refractivity contribution < 1.29 is 14.2 Å². The van der Waals surface area contributed by atoms with Gasteiger partial charge in [-0.2, -0.15) is 0 Å². The summed E-state index contributed by atoms with van der Waals surface area (Å²) < 4.78 is 18.9. The Morgan fingerprint density at radius 2 is 2.00 bits per heavy atom. The Hall–Kier alpha value is -1.58. The zero-order chi connectivity index (χ0) is 13.8. The maximum absolute atomic E-state index is 13.7. The maximum atomic E-state index is 13.7. The summed E-state index contributed by atoms with van der Waals surface area (Å²) in [6.45, 7) is 0. The molecule has 0 bridgehead atoms. The third-order valence-corrected chi connectivity index (χ3v) is 3.16. The first-order chi connectivity index (χ1) is 9.11. The molecule has 0 amide bonds. The lowest BCUT2D eigenvalue weighted by molar-refractivity contribution is 0.172. The molecule has 0 saturated carbocycles.